The van der Waals surface area contributed by atoms with Gasteiger partial charge in [0, 0.05) is 16.0 Å². The Kier molecular flexibility index (Phi) is 3.91. The van der Waals surface area contributed by atoms with Crippen LogP contribution < -0.4 is 5.73 Å². The van der Waals surface area contributed by atoms with Crippen molar-refractivity contribution in [3.05, 3.63) is 33.8 Å². The lowest BCUT2D eigenvalue weighted by atomic mass is 9.76. The molecule has 3 rings (SSSR count). The largest absolute Gasteiger partial charge is 0.382 e. The first-order chi connectivity index (χ1) is 10.0. The lowest BCUT2D eigenvalue weighted by molar-refractivity contribution is 0.219. The number of hydrogen-bond donors (Lipinski definition) is 1. The zero-order chi connectivity index (χ0) is 15.0. The third-order valence-corrected chi connectivity index (χ3v) is 5.26. The minimum absolute atomic E-state index is 0.454. The average molecular weight is 348 g/mol. The van der Waals surface area contributed by atoms with Crippen molar-refractivity contribution in [1.82, 2.24) is 0 Å². The molecule has 1 atom stereocenters. The summed E-state index contributed by atoms with van der Waals surface area (Å²) >= 11 is 3.59. The van der Waals surface area contributed by atoms with E-state index in [0.29, 0.717) is 11.8 Å². The number of rotatable bonds is 2. The van der Waals surface area contributed by atoms with Gasteiger partial charge in [-0.1, -0.05) is 41.3 Å². The summed E-state index contributed by atoms with van der Waals surface area (Å²) in [7, 11) is 0. The molecule has 1 aliphatic heterocycles. The summed E-state index contributed by atoms with van der Waals surface area (Å²) in [6.07, 6.45) is 6.22. The molecule has 0 amide bonds. The molecule has 1 unspecified atom stereocenters. The summed E-state index contributed by atoms with van der Waals surface area (Å²) in [4.78, 5) is 9.83. The molecule has 112 valence electrons. The Morgan fingerprint density at radius 1 is 1.14 bits per heavy atom. The third-order valence-electron chi connectivity index (χ3n) is 4.77. The van der Waals surface area contributed by atoms with Crippen LogP contribution in [-0.2, 0) is 5.66 Å². The predicted octanol–water partition coefficient (Wildman–Crippen LogP) is 4.32. The molecule has 1 aromatic carbocycles. The molecule has 1 heterocycles. The third kappa shape index (κ3) is 2.54. The van der Waals surface area contributed by atoms with Crippen LogP contribution in [0.1, 0.15) is 50.2 Å². The maximum atomic E-state index is 6.09. The molecular formula is C17H22BrN3. The van der Waals surface area contributed by atoms with Crippen molar-refractivity contribution >= 4 is 27.5 Å². The van der Waals surface area contributed by atoms with Gasteiger partial charge in [-0.25, -0.2) is 4.99 Å². The van der Waals surface area contributed by atoms with E-state index in [-0.39, 0.29) is 0 Å². The monoisotopic (exact) mass is 347 g/mol. The second kappa shape index (κ2) is 5.56. The molecule has 4 heteroatoms. The first kappa shape index (κ1) is 14.8. The fraction of sp³-hybridized carbons (Fsp3) is 0.529. The Morgan fingerprint density at radius 2 is 1.86 bits per heavy atom. The number of nitrogens with zero attached hydrogens (tertiary/aromatic N) is 2. The molecule has 21 heavy (non-hydrogen) atoms. The van der Waals surface area contributed by atoms with Crippen molar-refractivity contribution in [2.45, 2.75) is 51.6 Å². The molecule has 0 radical (unpaired) electrons. The first-order valence-corrected chi connectivity index (χ1v) is 8.51. The standard InChI is InChI=1S/C17H22BrN3/c1-11-8-9-14(18)10-15(11)17(13-6-4-3-5-7-13)20-12(2)16(19)21-17/h8-10,13H,3-7H2,1-2H3,(H2,19,21). The van der Waals surface area contributed by atoms with Gasteiger partial charge in [0.1, 0.15) is 5.84 Å². The molecule has 0 bridgehead atoms. The number of benzene rings is 1. The van der Waals surface area contributed by atoms with Crippen LogP contribution in [0.2, 0.25) is 0 Å². The Balaban J connectivity index is 2.15. The Hall–Kier alpha value is -1.16. The van der Waals surface area contributed by atoms with Crippen LogP contribution in [0.4, 0.5) is 0 Å². The fourth-order valence-electron chi connectivity index (χ4n) is 3.62. The van der Waals surface area contributed by atoms with Crippen molar-refractivity contribution in [3.63, 3.8) is 0 Å². The highest BCUT2D eigenvalue weighted by Crippen LogP contribution is 2.47. The average Bonchev–Trinajstić information content (AvgIpc) is 2.79. The molecule has 1 saturated carbocycles. The molecule has 1 fully saturated rings. The van der Waals surface area contributed by atoms with Crippen LogP contribution >= 0.6 is 15.9 Å². The van der Waals surface area contributed by atoms with Gasteiger partial charge in [-0.05, 0) is 44.4 Å². The Bertz CT molecular complexity index is 594. The minimum atomic E-state index is -0.498. The van der Waals surface area contributed by atoms with E-state index in [0.717, 1.165) is 10.2 Å². The van der Waals surface area contributed by atoms with Gasteiger partial charge in [0.05, 0.1) is 5.71 Å². The second-order valence-corrected chi connectivity index (χ2v) is 7.13. The second-order valence-electron chi connectivity index (χ2n) is 6.21. The fourth-order valence-corrected chi connectivity index (χ4v) is 3.98. The quantitative estimate of drug-likeness (QED) is 0.850. The summed E-state index contributed by atoms with van der Waals surface area (Å²) in [5.74, 6) is 1.05. The topological polar surface area (TPSA) is 50.7 Å². The van der Waals surface area contributed by atoms with Crippen molar-refractivity contribution in [3.8, 4) is 0 Å². The number of hydrogen-bond acceptors (Lipinski definition) is 3. The zero-order valence-corrected chi connectivity index (χ0v) is 14.3. The number of aryl methyl sites for hydroxylation is 1. The van der Waals surface area contributed by atoms with Crippen molar-refractivity contribution in [1.29, 1.82) is 0 Å². The number of nitrogens with two attached hydrogens (primary N) is 1. The van der Waals surface area contributed by atoms with E-state index in [1.807, 2.05) is 6.92 Å². The molecule has 2 N–H and O–H groups in total. The molecule has 0 spiro atoms. The van der Waals surface area contributed by atoms with E-state index < -0.39 is 5.66 Å². The minimum Gasteiger partial charge on any atom is -0.382 e. The van der Waals surface area contributed by atoms with Gasteiger partial charge < -0.3 is 5.73 Å². The zero-order valence-electron chi connectivity index (χ0n) is 12.7. The maximum absolute atomic E-state index is 6.09. The van der Waals surface area contributed by atoms with E-state index in [2.05, 4.69) is 41.1 Å². The van der Waals surface area contributed by atoms with Gasteiger partial charge in [0.25, 0.3) is 0 Å². The van der Waals surface area contributed by atoms with E-state index in [1.54, 1.807) is 0 Å². The Morgan fingerprint density at radius 3 is 2.48 bits per heavy atom. The van der Waals surface area contributed by atoms with E-state index in [9.17, 15) is 0 Å². The van der Waals surface area contributed by atoms with Crippen LogP contribution in [0.25, 0.3) is 0 Å². The summed E-state index contributed by atoms with van der Waals surface area (Å²) in [5.41, 5.74) is 8.90. The highest BCUT2D eigenvalue weighted by molar-refractivity contribution is 9.10. The van der Waals surface area contributed by atoms with E-state index in [4.69, 9.17) is 15.7 Å². The number of halogens is 1. The molecule has 1 aliphatic carbocycles. The normalized spacial score (nSPS) is 26.6. The summed E-state index contributed by atoms with van der Waals surface area (Å²) in [5, 5.41) is 0. The van der Waals surface area contributed by atoms with Crippen molar-refractivity contribution in [2.75, 3.05) is 0 Å². The molecule has 2 aliphatic rings. The number of aliphatic imine (C=N–C) groups is 2. The lowest BCUT2D eigenvalue weighted by Crippen LogP contribution is -2.33. The highest BCUT2D eigenvalue weighted by atomic mass is 79.9. The molecule has 0 saturated heterocycles. The van der Waals surface area contributed by atoms with Crippen LogP contribution in [0.3, 0.4) is 0 Å². The molecule has 0 aromatic heterocycles. The van der Waals surface area contributed by atoms with Gasteiger partial charge in [0.2, 0.25) is 0 Å². The lowest BCUT2D eigenvalue weighted by Gasteiger charge is -2.36. The van der Waals surface area contributed by atoms with Gasteiger partial charge in [-0.3, -0.25) is 4.99 Å². The van der Waals surface area contributed by atoms with Crippen molar-refractivity contribution in [2.24, 2.45) is 21.6 Å². The van der Waals surface area contributed by atoms with E-state index >= 15 is 0 Å². The number of amidine groups is 1. The van der Waals surface area contributed by atoms with Crippen LogP contribution in [0, 0.1) is 12.8 Å². The SMILES string of the molecule is CC1=NC(c2cc(Br)ccc2C)(C2CCCCC2)N=C1N. The van der Waals surface area contributed by atoms with E-state index in [1.165, 1.54) is 43.2 Å². The van der Waals surface area contributed by atoms with Gasteiger partial charge >= 0.3 is 0 Å². The predicted molar refractivity (Wildman–Crippen MR) is 91.9 cm³/mol. The highest BCUT2D eigenvalue weighted by Gasteiger charge is 2.44. The molecule has 3 nitrogen and oxygen atoms in total. The van der Waals surface area contributed by atoms with Crippen LogP contribution in [0.15, 0.2) is 32.7 Å². The first-order valence-electron chi connectivity index (χ1n) is 7.72. The van der Waals surface area contributed by atoms with Crippen molar-refractivity contribution < 1.29 is 0 Å². The van der Waals surface area contributed by atoms with Crippen LogP contribution in [0.5, 0.6) is 0 Å². The summed E-state index contributed by atoms with van der Waals surface area (Å²) < 4.78 is 1.08. The molecule has 1 aromatic rings. The molecular weight excluding hydrogens is 326 g/mol. The summed E-state index contributed by atoms with van der Waals surface area (Å²) in [6, 6.07) is 6.38. The maximum Gasteiger partial charge on any atom is 0.181 e. The Labute approximate surface area is 134 Å². The smallest absolute Gasteiger partial charge is 0.181 e. The van der Waals surface area contributed by atoms with Gasteiger partial charge in [-0.2, -0.15) is 0 Å². The van der Waals surface area contributed by atoms with Crippen LogP contribution in [-0.4, -0.2) is 11.5 Å². The summed E-state index contributed by atoms with van der Waals surface area (Å²) in [6.45, 7) is 4.11. The van der Waals surface area contributed by atoms with Gasteiger partial charge in [0.15, 0.2) is 5.66 Å². The van der Waals surface area contributed by atoms with Gasteiger partial charge in [-0.15, -0.1) is 0 Å².